The maximum atomic E-state index is 11.6. The van der Waals surface area contributed by atoms with Crippen LogP contribution in [0.3, 0.4) is 0 Å². The van der Waals surface area contributed by atoms with Gasteiger partial charge >= 0.3 is 0 Å². The third-order valence-electron chi connectivity index (χ3n) is 2.51. The Morgan fingerprint density at radius 2 is 1.00 bits per heavy atom. The lowest BCUT2D eigenvalue weighted by Crippen LogP contribution is -2.21. The number of carbonyl (C=O) groups is 4. The summed E-state index contributed by atoms with van der Waals surface area (Å²) in [5, 5.41) is 37.5. The summed E-state index contributed by atoms with van der Waals surface area (Å²) >= 11 is 0.106. The summed E-state index contributed by atoms with van der Waals surface area (Å²) in [4.78, 5) is 44.4. The third-order valence-corrected chi connectivity index (χ3v) is 3.68. The van der Waals surface area contributed by atoms with Crippen LogP contribution >= 0.6 is 11.8 Å². The number of ketones is 4. The van der Waals surface area contributed by atoms with Crippen LogP contribution in [0.25, 0.3) is 0 Å². The van der Waals surface area contributed by atoms with Gasteiger partial charge in [0, 0.05) is 12.2 Å². The molecule has 0 aromatic carbocycles. The summed E-state index contributed by atoms with van der Waals surface area (Å²) in [5.74, 6) is -8.49. The Morgan fingerprint density at radius 3 is 1.33 bits per heavy atom. The van der Waals surface area contributed by atoms with Crippen LogP contribution in [0.2, 0.25) is 0 Å². The van der Waals surface area contributed by atoms with E-state index in [1.807, 2.05) is 0 Å². The van der Waals surface area contributed by atoms with Crippen LogP contribution in [0.1, 0.15) is 0 Å². The second kappa shape index (κ2) is 4.94. The monoisotopic (exact) mass is 310 g/mol. The highest BCUT2D eigenvalue weighted by Crippen LogP contribution is 2.36. The lowest BCUT2D eigenvalue weighted by atomic mass is 10.1. The fourth-order valence-electron chi connectivity index (χ4n) is 1.48. The first-order valence-corrected chi connectivity index (χ1v) is 6.09. The van der Waals surface area contributed by atoms with E-state index in [1.54, 1.807) is 0 Å². The molecular formula is C12H6O8S. The average Bonchev–Trinajstić information content (AvgIpc) is 2.42. The van der Waals surface area contributed by atoms with E-state index in [0.29, 0.717) is 12.2 Å². The topological polar surface area (TPSA) is 149 Å². The van der Waals surface area contributed by atoms with Crippen LogP contribution in [0, 0.1) is 0 Å². The van der Waals surface area contributed by atoms with E-state index >= 15 is 0 Å². The van der Waals surface area contributed by atoms with Crippen LogP contribution in [0.15, 0.2) is 45.0 Å². The van der Waals surface area contributed by atoms with Crippen LogP contribution < -0.4 is 0 Å². The number of Topliss-reactive ketones (excluding diaryl/α,β-unsaturated/α-hetero) is 2. The van der Waals surface area contributed by atoms with Crippen molar-refractivity contribution in [3.63, 3.8) is 0 Å². The lowest BCUT2D eigenvalue weighted by molar-refractivity contribution is -0.118. The van der Waals surface area contributed by atoms with Gasteiger partial charge in [-0.1, -0.05) is 11.8 Å². The number of aliphatic hydroxyl groups excluding tert-OH is 4. The number of aliphatic hydroxyl groups is 4. The number of thioether (sulfide) groups is 1. The summed E-state index contributed by atoms with van der Waals surface area (Å²) in [7, 11) is 0. The predicted molar refractivity (Wildman–Crippen MR) is 68.4 cm³/mol. The molecule has 0 amide bonds. The van der Waals surface area contributed by atoms with Crippen LogP contribution in [0.4, 0.5) is 0 Å². The highest BCUT2D eigenvalue weighted by molar-refractivity contribution is 8.08. The standard InChI is InChI=1S/C12H6O8S/c13-3-1-4(14)8(18)11(7(3)17)21-12-9(19)5(15)2-6(16)10(12)20/h1-2,13,15,18,20H. The van der Waals surface area contributed by atoms with Crippen LogP contribution in [-0.4, -0.2) is 43.6 Å². The molecular weight excluding hydrogens is 304 g/mol. The number of rotatable bonds is 2. The van der Waals surface area contributed by atoms with E-state index in [4.69, 9.17) is 0 Å². The molecule has 0 aromatic rings. The second-order valence-electron chi connectivity index (χ2n) is 3.90. The first-order chi connectivity index (χ1) is 9.73. The average molecular weight is 310 g/mol. The smallest absolute Gasteiger partial charge is 0.238 e. The molecule has 0 aliphatic heterocycles. The number of hydrogen-bond acceptors (Lipinski definition) is 9. The Bertz CT molecular complexity index is 672. The van der Waals surface area contributed by atoms with Gasteiger partial charge in [0.2, 0.25) is 23.1 Å². The van der Waals surface area contributed by atoms with Gasteiger partial charge in [0.25, 0.3) is 0 Å². The summed E-state index contributed by atoms with van der Waals surface area (Å²) < 4.78 is 0. The molecule has 0 fully saturated rings. The molecule has 0 radical (unpaired) electrons. The van der Waals surface area contributed by atoms with Crippen molar-refractivity contribution in [2.24, 2.45) is 0 Å². The van der Waals surface area contributed by atoms with Gasteiger partial charge in [-0.05, 0) is 0 Å². The molecule has 0 saturated carbocycles. The zero-order valence-corrected chi connectivity index (χ0v) is 10.8. The third kappa shape index (κ3) is 2.34. The minimum Gasteiger partial charge on any atom is -0.504 e. The van der Waals surface area contributed by atoms with Gasteiger partial charge < -0.3 is 20.4 Å². The van der Waals surface area contributed by atoms with Crippen molar-refractivity contribution in [2.45, 2.75) is 0 Å². The van der Waals surface area contributed by atoms with Crippen molar-refractivity contribution < 1.29 is 39.6 Å². The zero-order chi connectivity index (χ0) is 15.9. The van der Waals surface area contributed by atoms with Crippen molar-refractivity contribution in [1.82, 2.24) is 0 Å². The van der Waals surface area contributed by atoms with Crippen molar-refractivity contribution in [1.29, 1.82) is 0 Å². The molecule has 2 aliphatic carbocycles. The van der Waals surface area contributed by atoms with Gasteiger partial charge in [0.1, 0.15) is 9.81 Å². The van der Waals surface area contributed by atoms with Crippen molar-refractivity contribution in [3.05, 3.63) is 45.0 Å². The first-order valence-electron chi connectivity index (χ1n) is 5.27. The SMILES string of the molecule is O=C1C=C(O)C(=O)C(SC2=C(O)C(=O)C=C(O)C2=O)=C1O. The Labute approximate surface area is 120 Å². The molecule has 0 heterocycles. The number of allylic oxidation sites excluding steroid dienone is 4. The summed E-state index contributed by atoms with van der Waals surface area (Å²) in [6, 6.07) is 0. The Balaban J connectivity index is 2.46. The summed E-state index contributed by atoms with van der Waals surface area (Å²) in [6.07, 6.45) is 0.975. The van der Waals surface area contributed by atoms with Crippen LogP contribution in [-0.2, 0) is 19.2 Å². The van der Waals surface area contributed by atoms with Gasteiger partial charge in [-0.25, -0.2) is 0 Å². The largest absolute Gasteiger partial charge is 0.504 e. The van der Waals surface area contributed by atoms with Gasteiger partial charge in [-0.2, -0.15) is 0 Å². The highest BCUT2D eigenvalue weighted by atomic mass is 32.2. The van der Waals surface area contributed by atoms with E-state index in [1.165, 1.54) is 0 Å². The fourth-order valence-corrected chi connectivity index (χ4v) is 2.47. The maximum Gasteiger partial charge on any atom is 0.238 e. The Hall–Kier alpha value is -2.81. The lowest BCUT2D eigenvalue weighted by Gasteiger charge is -2.15. The predicted octanol–water partition coefficient (Wildman–Crippen LogP) is 0.446. The van der Waals surface area contributed by atoms with E-state index in [9.17, 15) is 39.6 Å². The molecule has 0 saturated heterocycles. The first kappa shape index (κ1) is 14.6. The zero-order valence-electron chi connectivity index (χ0n) is 9.98. The Morgan fingerprint density at radius 1 is 0.667 bits per heavy atom. The minimum atomic E-state index is -1.16. The molecule has 8 nitrogen and oxygen atoms in total. The van der Waals surface area contributed by atoms with E-state index in [0.717, 1.165) is 0 Å². The van der Waals surface area contributed by atoms with E-state index < -0.39 is 56.0 Å². The molecule has 2 aliphatic rings. The fraction of sp³-hybridized carbons (Fsp3) is 0. The maximum absolute atomic E-state index is 11.6. The molecule has 0 bridgehead atoms. The van der Waals surface area contributed by atoms with Gasteiger partial charge in [-0.15, -0.1) is 0 Å². The molecule has 21 heavy (non-hydrogen) atoms. The molecule has 9 heteroatoms. The summed E-state index contributed by atoms with van der Waals surface area (Å²) in [5.41, 5.74) is 0. The van der Waals surface area contributed by atoms with Gasteiger partial charge in [0.05, 0.1) is 0 Å². The van der Waals surface area contributed by atoms with Gasteiger partial charge in [0.15, 0.2) is 23.0 Å². The molecule has 4 N–H and O–H groups in total. The van der Waals surface area contributed by atoms with Crippen molar-refractivity contribution >= 4 is 34.9 Å². The normalized spacial score (nSPS) is 20.0. The second-order valence-corrected chi connectivity index (χ2v) is 4.92. The number of hydrogen-bond donors (Lipinski definition) is 4. The molecule has 108 valence electrons. The van der Waals surface area contributed by atoms with Crippen molar-refractivity contribution in [2.75, 3.05) is 0 Å². The van der Waals surface area contributed by atoms with Gasteiger partial charge in [-0.3, -0.25) is 19.2 Å². The van der Waals surface area contributed by atoms with E-state index in [-0.39, 0.29) is 11.8 Å². The number of carbonyl (C=O) groups excluding carboxylic acids is 4. The molecule has 0 atom stereocenters. The van der Waals surface area contributed by atoms with Crippen LogP contribution in [0.5, 0.6) is 0 Å². The van der Waals surface area contributed by atoms with Crippen molar-refractivity contribution in [3.8, 4) is 0 Å². The minimum absolute atomic E-state index is 0.106. The molecule has 0 unspecified atom stereocenters. The van der Waals surface area contributed by atoms with E-state index in [2.05, 4.69) is 0 Å². The molecule has 0 spiro atoms. The highest BCUT2D eigenvalue weighted by Gasteiger charge is 2.35. The molecule has 0 aromatic heterocycles. The summed E-state index contributed by atoms with van der Waals surface area (Å²) in [6.45, 7) is 0. The molecule has 2 rings (SSSR count). The Kier molecular flexibility index (Phi) is 3.44. The quantitative estimate of drug-likeness (QED) is 0.533.